The first-order chi connectivity index (χ1) is 6.20. The van der Waals surface area contributed by atoms with Crippen molar-refractivity contribution < 1.29 is 9.90 Å². The Morgan fingerprint density at radius 2 is 2.31 bits per heavy atom. The molecule has 1 heterocycles. The van der Waals surface area contributed by atoms with E-state index in [1.54, 1.807) is 18.2 Å². The number of hydrogen-bond acceptors (Lipinski definition) is 3. The summed E-state index contributed by atoms with van der Waals surface area (Å²) in [4.78, 5) is 11.1. The number of phenols is 1. The van der Waals surface area contributed by atoms with Crippen molar-refractivity contribution in [3.8, 4) is 5.75 Å². The largest absolute Gasteiger partial charge is 0.507 e. The number of phenolic OH excluding ortho intramolecular Hbond substituents is 1. The monoisotopic (exact) mass is 176 g/mol. The lowest BCUT2D eigenvalue weighted by Gasteiger charge is -1.96. The summed E-state index contributed by atoms with van der Waals surface area (Å²) in [6.45, 7) is 1.43. The number of carbonyl (C=O) groups excluding carboxylic acids is 1. The van der Waals surface area contributed by atoms with Crippen molar-refractivity contribution in [2.45, 2.75) is 6.92 Å². The van der Waals surface area contributed by atoms with Crippen LogP contribution >= 0.6 is 0 Å². The van der Waals surface area contributed by atoms with Crippen molar-refractivity contribution in [2.75, 3.05) is 0 Å². The third-order valence-corrected chi connectivity index (χ3v) is 1.89. The fourth-order valence-corrected chi connectivity index (χ4v) is 1.29. The number of aromatic nitrogens is 2. The summed E-state index contributed by atoms with van der Waals surface area (Å²) in [6.07, 6.45) is 1.48. The van der Waals surface area contributed by atoms with E-state index >= 15 is 0 Å². The van der Waals surface area contributed by atoms with Crippen LogP contribution in [0.4, 0.5) is 0 Å². The molecular weight excluding hydrogens is 168 g/mol. The maximum Gasteiger partial charge on any atom is 0.244 e. The topological polar surface area (TPSA) is 55.1 Å². The average Bonchev–Trinajstić information content (AvgIpc) is 2.48. The molecule has 1 aromatic carbocycles. The molecule has 0 aliphatic heterocycles. The number of benzene rings is 1. The molecule has 0 radical (unpaired) electrons. The fraction of sp³-hybridized carbons (Fsp3) is 0.111. The summed E-state index contributed by atoms with van der Waals surface area (Å²) >= 11 is 0. The quantitative estimate of drug-likeness (QED) is 0.660. The van der Waals surface area contributed by atoms with E-state index in [4.69, 9.17) is 0 Å². The van der Waals surface area contributed by atoms with E-state index in [1.165, 1.54) is 17.8 Å². The first-order valence-electron chi connectivity index (χ1n) is 3.87. The number of nitrogens with zero attached hydrogens (tertiary/aromatic N) is 2. The van der Waals surface area contributed by atoms with Crippen molar-refractivity contribution in [2.24, 2.45) is 0 Å². The predicted molar refractivity (Wildman–Crippen MR) is 47.7 cm³/mol. The minimum absolute atomic E-state index is 0.144. The molecule has 2 rings (SSSR count). The van der Waals surface area contributed by atoms with Crippen LogP contribution in [0.5, 0.6) is 5.75 Å². The van der Waals surface area contributed by atoms with Crippen molar-refractivity contribution in [1.82, 2.24) is 9.78 Å². The molecule has 1 N–H and O–H groups in total. The van der Waals surface area contributed by atoms with Crippen LogP contribution in [0.1, 0.15) is 11.7 Å². The fourth-order valence-electron chi connectivity index (χ4n) is 1.29. The van der Waals surface area contributed by atoms with Crippen LogP contribution in [-0.2, 0) is 0 Å². The average molecular weight is 176 g/mol. The van der Waals surface area contributed by atoms with E-state index in [1.807, 2.05) is 0 Å². The van der Waals surface area contributed by atoms with Gasteiger partial charge in [-0.15, -0.1) is 0 Å². The first-order valence-corrected chi connectivity index (χ1v) is 3.87. The molecule has 0 atom stereocenters. The Morgan fingerprint density at radius 3 is 3.00 bits per heavy atom. The number of aromatic hydroxyl groups is 1. The lowest BCUT2D eigenvalue weighted by Crippen LogP contribution is -2.06. The van der Waals surface area contributed by atoms with E-state index in [9.17, 15) is 9.90 Å². The van der Waals surface area contributed by atoms with Gasteiger partial charge in [-0.25, -0.2) is 4.68 Å². The molecule has 66 valence electrons. The Labute approximate surface area is 74.4 Å². The number of fused-ring (bicyclic) bond motifs is 1. The highest BCUT2D eigenvalue weighted by molar-refractivity contribution is 5.92. The number of hydrogen-bond donors (Lipinski definition) is 1. The molecule has 0 aliphatic rings. The lowest BCUT2D eigenvalue weighted by atomic mass is 10.2. The van der Waals surface area contributed by atoms with Crippen molar-refractivity contribution in [3.05, 3.63) is 24.4 Å². The molecule has 0 unspecified atom stereocenters. The summed E-state index contributed by atoms with van der Waals surface area (Å²) in [6, 6.07) is 4.98. The molecule has 0 fully saturated rings. The molecule has 13 heavy (non-hydrogen) atoms. The Balaban J connectivity index is 2.83. The maximum absolute atomic E-state index is 11.1. The molecular formula is C9H8N2O2. The van der Waals surface area contributed by atoms with Gasteiger partial charge >= 0.3 is 0 Å². The van der Waals surface area contributed by atoms with Gasteiger partial charge < -0.3 is 5.11 Å². The lowest BCUT2D eigenvalue weighted by molar-refractivity contribution is 0.0927. The highest BCUT2D eigenvalue weighted by atomic mass is 16.3. The van der Waals surface area contributed by atoms with Gasteiger partial charge in [0.15, 0.2) is 0 Å². The van der Waals surface area contributed by atoms with Crippen molar-refractivity contribution >= 4 is 16.8 Å². The molecule has 1 aromatic heterocycles. The Hall–Kier alpha value is -1.84. The Morgan fingerprint density at radius 1 is 1.54 bits per heavy atom. The van der Waals surface area contributed by atoms with Gasteiger partial charge in [0.2, 0.25) is 5.91 Å². The normalized spacial score (nSPS) is 10.5. The SMILES string of the molecule is CC(=O)n1ncc2c(O)cccc21. The molecule has 0 spiro atoms. The minimum Gasteiger partial charge on any atom is -0.507 e. The standard InChI is InChI=1S/C9H8N2O2/c1-6(12)11-8-3-2-4-9(13)7(8)5-10-11/h2-5,13H,1H3. The van der Waals surface area contributed by atoms with Gasteiger partial charge in [-0.1, -0.05) is 6.07 Å². The second-order valence-electron chi connectivity index (χ2n) is 2.79. The van der Waals surface area contributed by atoms with Gasteiger partial charge in [0.1, 0.15) is 5.75 Å². The second kappa shape index (κ2) is 2.58. The maximum atomic E-state index is 11.1. The van der Waals surface area contributed by atoms with E-state index in [0.29, 0.717) is 10.9 Å². The predicted octanol–water partition coefficient (Wildman–Crippen LogP) is 1.40. The van der Waals surface area contributed by atoms with Gasteiger partial charge in [0.05, 0.1) is 17.1 Å². The third kappa shape index (κ3) is 1.07. The summed E-state index contributed by atoms with van der Waals surface area (Å²) in [5.41, 5.74) is 0.632. The third-order valence-electron chi connectivity index (χ3n) is 1.89. The van der Waals surface area contributed by atoms with Gasteiger partial charge in [0, 0.05) is 6.92 Å². The Bertz CT molecular complexity index is 473. The summed E-state index contributed by atoms with van der Waals surface area (Å²) in [5.74, 6) is -0.0226. The zero-order chi connectivity index (χ0) is 9.42. The molecule has 4 nitrogen and oxygen atoms in total. The molecule has 0 aliphatic carbocycles. The molecule has 0 saturated carbocycles. The van der Waals surface area contributed by atoms with Crippen LogP contribution in [0, 0.1) is 0 Å². The number of rotatable bonds is 0. The summed E-state index contributed by atoms with van der Waals surface area (Å²) < 4.78 is 1.26. The zero-order valence-electron chi connectivity index (χ0n) is 7.06. The molecule has 0 bridgehead atoms. The van der Waals surface area contributed by atoms with Gasteiger partial charge in [-0.2, -0.15) is 5.10 Å². The second-order valence-corrected chi connectivity index (χ2v) is 2.79. The zero-order valence-corrected chi connectivity index (χ0v) is 7.06. The summed E-state index contributed by atoms with van der Waals surface area (Å²) in [5, 5.41) is 13.9. The van der Waals surface area contributed by atoms with Gasteiger partial charge in [-0.05, 0) is 12.1 Å². The van der Waals surface area contributed by atoms with Crippen molar-refractivity contribution in [1.29, 1.82) is 0 Å². The number of carbonyl (C=O) groups is 1. The van der Waals surface area contributed by atoms with Crippen LogP contribution in [-0.4, -0.2) is 20.8 Å². The molecule has 4 heteroatoms. The van der Waals surface area contributed by atoms with E-state index in [-0.39, 0.29) is 11.7 Å². The van der Waals surface area contributed by atoms with E-state index < -0.39 is 0 Å². The van der Waals surface area contributed by atoms with Crippen LogP contribution in [0.3, 0.4) is 0 Å². The highest BCUT2D eigenvalue weighted by Crippen LogP contribution is 2.23. The summed E-state index contributed by atoms with van der Waals surface area (Å²) in [7, 11) is 0. The Kier molecular flexibility index (Phi) is 1.55. The first kappa shape index (κ1) is 7.79. The van der Waals surface area contributed by atoms with Crippen molar-refractivity contribution in [3.63, 3.8) is 0 Å². The van der Waals surface area contributed by atoms with E-state index in [2.05, 4.69) is 5.10 Å². The van der Waals surface area contributed by atoms with Gasteiger partial charge in [-0.3, -0.25) is 4.79 Å². The van der Waals surface area contributed by atoms with Crippen LogP contribution in [0.15, 0.2) is 24.4 Å². The molecule has 0 saturated heterocycles. The minimum atomic E-state index is -0.166. The van der Waals surface area contributed by atoms with Crippen LogP contribution in [0.2, 0.25) is 0 Å². The molecule has 0 amide bonds. The highest BCUT2D eigenvalue weighted by Gasteiger charge is 2.07. The smallest absolute Gasteiger partial charge is 0.244 e. The molecule has 2 aromatic rings. The van der Waals surface area contributed by atoms with E-state index in [0.717, 1.165) is 0 Å². The van der Waals surface area contributed by atoms with Gasteiger partial charge in [0.25, 0.3) is 0 Å². The van der Waals surface area contributed by atoms with Crippen LogP contribution in [0.25, 0.3) is 10.9 Å². The van der Waals surface area contributed by atoms with Crippen LogP contribution < -0.4 is 0 Å².